The predicted octanol–water partition coefficient (Wildman–Crippen LogP) is 2.68. The summed E-state index contributed by atoms with van der Waals surface area (Å²) in [5.41, 5.74) is 0.451. The van der Waals surface area contributed by atoms with E-state index in [1.807, 2.05) is 21.0 Å². The van der Waals surface area contributed by atoms with Gasteiger partial charge in [-0.3, -0.25) is 4.90 Å². The molecule has 84 valence electrons. The SMILES string of the molecule is CC.COCC12CCCCN1CCC2. The van der Waals surface area contributed by atoms with Crippen molar-refractivity contribution in [2.75, 3.05) is 26.8 Å². The van der Waals surface area contributed by atoms with Crippen LogP contribution in [0.2, 0.25) is 0 Å². The standard InChI is InChI=1S/C10H19NO.C2H6/c1-12-9-10-5-2-3-7-11(10)8-4-6-10;1-2/h2-9H2,1H3;1-2H3. The molecule has 0 N–H and O–H groups in total. The van der Waals surface area contributed by atoms with Gasteiger partial charge in [-0.05, 0) is 38.8 Å². The van der Waals surface area contributed by atoms with Crippen molar-refractivity contribution in [1.82, 2.24) is 4.90 Å². The maximum atomic E-state index is 5.34. The molecule has 2 aliphatic heterocycles. The Morgan fingerprint density at radius 1 is 1.07 bits per heavy atom. The van der Waals surface area contributed by atoms with Crippen LogP contribution in [0.1, 0.15) is 46.0 Å². The quantitative estimate of drug-likeness (QED) is 0.678. The van der Waals surface area contributed by atoms with Crippen LogP contribution in [0.25, 0.3) is 0 Å². The van der Waals surface area contributed by atoms with Gasteiger partial charge in [0.15, 0.2) is 0 Å². The summed E-state index contributed by atoms with van der Waals surface area (Å²) >= 11 is 0. The van der Waals surface area contributed by atoms with E-state index in [4.69, 9.17) is 4.74 Å². The van der Waals surface area contributed by atoms with Gasteiger partial charge in [-0.25, -0.2) is 0 Å². The lowest BCUT2D eigenvalue weighted by molar-refractivity contribution is 0.0120. The van der Waals surface area contributed by atoms with E-state index in [0.29, 0.717) is 5.54 Å². The maximum absolute atomic E-state index is 5.34. The molecule has 1 atom stereocenters. The number of hydrogen-bond acceptors (Lipinski definition) is 2. The molecule has 2 nitrogen and oxygen atoms in total. The largest absolute Gasteiger partial charge is 0.383 e. The molecule has 0 spiro atoms. The number of nitrogens with zero attached hydrogens (tertiary/aromatic N) is 1. The fourth-order valence-electron chi connectivity index (χ4n) is 2.89. The summed E-state index contributed by atoms with van der Waals surface area (Å²) in [5.74, 6) is 0. The molecule has 2 saturated heterocycles. The Kier molecular flexibility index (Phi) is 4.90. The summed E-state index contributed by atoms with van der Waals surface area (Å²) in [6.45, 7) is 7.57. The first-order chi connectivity index (χ1) is 6.87. The van der Waals surface area contributed by atoms with Gasteiger partial charge in [-0.1, -0.05) is 20.3 Å². The lowest BCUT2D eigenvalue weighted by Gasteiger charge is -2.41. The summed E-state index contributed by atoms with van der Waals surface area (Å²) < 4.78 is 5.34. The van der Waals surface area contributed by atoms with E-state index in [2.05, 4.69) is 4.90 Å². The van der Waals surface area contributed by atoms with Gasteiger partial charge in [0.05, 0.1) is 6.61 Å². The third-order valence-corrected chi connectivity index (χ3v) is 3.47. The van der Waals surface area contributed by atoms with Crippen LogP contribution in [0.5, 0.6) is 0 Å². The zero-order valence-corrected chi connectivity index (χ0v) is 10.0. The van der Waals surface area contributed by atoms with Crippen molar-refractivity contribution in [3.63, 3.8) is 0 Å². The van der Waals surface area contributed by atoms with Crippen LogP contribution in [0.3, 0.4) is 0 Å². The second-order valence-electron chi connectivity index (χ2n) is 4.21. The zero-order chi connectivity index (χ0) is 10.4. The van der Waals surface area contributed by atoms with Gasteiger partial charge in [0, 0.05) is 12.6 Å². The Hall–Kier alpha value is -0.0800. The van der Waals surface area contributed by atoms with Gasteiger partial charge < -0.3 is 4.74 Å². The molecule has 14 heavy (non-hydrogen) atoms. The van der Waals surface area contributed by atoms with E-state index in [1.165, 1.54) is 45.2 Å². The normalized spacial score (nSPS) is 31.9. The average Bonchev–Trinajstić information content (AvgIpc) is 2.65. The molecule has 0 radical (unpaired) electrons. The number of piperidine rings is 1. The molecular formula is C12H25NO. The molecule has 0 aromatic carbocycles. The summed E-state index contributed by atoms with van der Waals surface area (Å²) in [5, 5.41) is 0. The van der Waals surface area contributed by atoms with Crippen LogP contribution < -0.4 is 0 Å². The van der Waals surface area contributed by atoms with Crippen molar-refractivity contribution in [3.8, 4) is 0 Å². The Bertz CT molecular complexity index is 156. The monoisotopic (exact) mass is 199 g/mol. The Labute approximate surface area is 88.6 Å². The molecule has 0 aliphatic carbocycles. The molecule has 0 aromatic rings. The molecule has 0 saturated carbocycles. The van der Waals surface area contributed by atoms with Crippen LogP contribution in [0, 0.1) is 0 Å². The van der Waals surface area contributed by atoms with Crippen molar-refractivity contribution >= 4 is 0 Å². The first kappa shape index (κ1) is 12.0. The highest BCUT2D eigenvalue weighted by Crippen LogP contribution is 2.37. The highest BCUT2D eigenvalue weighted by atomic mass is 16.5. The second-order valence-corrected chi connectivity index (χ2v) is 4.21. The van der Waals surface area contributed by atoms with E-state index >= 15 is 0 Å². The number of ether oxygens (including phenoxy) is 1. The van der Waals surface area contributed by atoms with Crippen LogP contribution in [-0.4, -0.2) is 37.2 Å². The van der Waals surface area contributed by atoms with E-state index in [0.717, 1.165) is 6.61 Å². The molecule has 2 rings (SSSR count). The van der Waals surface area contributed by atoms with Crippen LogP contribution in [-0.2, 0) is 4.74 Å². The van der Waals surface area contributed by atoms with Crippen molar-refractivity contribution in [3.05, 3.63) is 0 Å². The van der Waals surface area contributed by atoms with Gasteiger partial charge in [0.2, 0.25) is 0 Å². The third kappa shape index (κ3) is 2.29. The molecule has 2 aliphatic rings. The van der Waals surface area contributed by atoms with Crippen molar-refractivity contribution < 1.29 is 4.74 Å². The van der Waals surface area contributed by atoms with E-state index < -0.39 is 0 Å². The van der Waals surface area contributed by atoms with Gasteiger partial charge >= 0.3 is 0 Å². The number of fused-ring (bicyclic) bond motifs is 1. The Morgan fingerprint density at radius 2 is 1.71 bits per heavy atom. The van der Waals surface area contributed by atoms with E-state index in [-0.39, 0.29) is 0 Å². The van der Waals surface area contributed by atoms with Gasteiger partial charge in [-0.15, -0.1) is 0 Å². The first-order valence-electron chi connectivity index (χ1n) is 6.11. The Morgan fingerprint density at radius 3 is 2.43 bits per heavy atom. The highest BCUT2D eigenvalue weighted by Gasteiger charge is 2.41. The van der Waals surface area contributed by atoms with Crippen LogP contribution in [0.15, 0.2) is 0 Å². The maximum Gasteiger partial charge on any atom is 0.0646 e. The fourth-order valence-corrected chi connectivity index (χ4v) is 2.89. The molecule has 0 bridgehead atoms. The molecule has 0 amide bonds. The van der Waals surface area contributed by atoms with Gasteiger partial charge in [0.1, 0.15) is 0 Å². The number of methoxy groups -OCH3 is 1. The van der Waals surface area contributed by atoms with Gasteiger partial charge in [0.25, 0.3) is 0 Å². The summed E-state index contributed by atoms with van der Waals surface area (Å²) in [4.78, 5) is 2.65. The fraction of sp³-hybridized carbons (Fsp3) is 1.00. The minimum Gasteiger partial charge on any atom is -0.383 e. The Balaban J connectivity index is 0.000000461. The lowest BCUT2D eigenvalue weighted by atomic mass is 9.87. The molecule has 1 unspecified atom stereocenters. The van der Waals surface area contributed by atoms with E-state index in [9.17, 15) is 0 Å². The summed E-state index contributed by atoms with van der Waals surface area (Å²) in [6, 6.07) is 0. The van der Waals surface area contributed by atoms with Crippen molar-refractivity contribution in [2.45, 2.75) is 51.5 Å². The zero-order valence-electron chi connectivity index (χ0n) is 10.0. The van der Waals surface area contributed by atoms with Crippen LogP contribution in [0.4, 0.5) is 0 Å². The molecule has 0 aromatic heterocycles. The van der Waals surface area contributed by atoms with Crippen LogP contribution >= 0.6 is 0 Å². The molecular weight excluding hydrogens is 174 g/mol. The first-order valence-corrected chi connectivity index (χ1v) is 6.11. The minimum absolute atomic E-state index is 0.451. The smallest absolute Gasteiger partial charge is 0.0646 e. The highest BCUT2D eigenvalue weighted by molar-refractivity contribution is 4.97. The number of hydrogen-bond donors (Lipinski definition) is 0. The molecule has 2 heteroatoms. The summed E-state index contributed by atoms with van der Waals surface area (Å²) in [7, 11) is 1.83. The third-order valence-electron chi connectivity index (χ3n) is 3.47. The summed E-state index contributed by atoms with van der Waals surface area (Å²) in [6.07, 6.45) is 6.90. The second kappa shape index (κ2) is 5.72. The molecule has 2 heterocycles. The van der Waals surface area contributed by atoms with Crippen molar-refractivity contribution in [2.24, 2.45) is 0 Å². The lowest BCUT2D eigenvalue weighted by Crippen LogP contribution is -2.50. The minimum atomic E-state index is 0.451. The number of rotatable bonds is 2. The van der Waals surface area contributed by atoms with E-state index in [1.54, 1.807) is 0 Å². The molecule has 2 fully saturated rings. The predicted molar refractivity (Wildman–Crippen MR) is 60.6 cm³/mol. The van der Waals surface area contributed by atoms with Crippen molar-refractivity contribution in [1.29, 1.82) is 0 Å². The van der Waals surface area contributed by atoms with Gasteiger partial charge in [-0.2, -0.15) is 0 Å². The average molecular weight is 199 g/mol. The topological polar surface area (TPSA) is 12.5 Å².